The van der Waals surface area contributed by atoms with Gasteiger partial charge in [0.2, 0.25) is 0 Å². The second kappa shape index (κ2) is 3.75. The highest BCUT2D eigenvalue weighted by Gasteiger charge is 2.26. The summed E-state index contributed by atoms with van der Waals surface area (Å²) in [7, 11) is 0. The molecule has 2 rings (SSSR count). The Morgan fingerprint density at radius 3 is 2.86 bits per heavy atom. The summed E-state index contributed by atoms with van der Waals surface area (Å²) in [4.78, 5) is 0. The van der Waals surface area contributed by atoms with Gasteiger partial charge in [-0.15, -0.1) is 0 Å². The molecular formula is C10H13ClN2O. The molecule has 0 unspecified atom stereocenters. The monoisotopic (exact) mass is 212 g/mol. The van der Waals surface area contributed by atoms with Crippen molar-refractivity contribution in [1.29, 1.82) is 5.41 Å². The Balaban J connectivity index is 2.36. The molecule has 4 heteroatoms. The van der Waals surface area contributed by atoms with Crippen LogP contribution in [-0.2, 0) is 0 Å². The van der Waals surface area contributed by atoms with Crippen molar-refractivity contribution in [2.24, 2.45) is 0 Å². The van der Waals surface area contributed by atoms with Gasteiger partial charge in [-0.3, -0.25) is 0 Å². The Morgan fingerprint density at radius 1 is 1.50 bits per heavy atom. The fourth-order valence-corrected chi connectivity index (χ4v) is 2.30. The van der Waals surface area contributed by atoms with Crippen LogP contribution in [0.4, 0.5) is 0 Å². The van der Waals surface area contributed by atoms with E-state index < -0.39 is 0 Å². The number of nitrogens with zero attached hydrogens (tertiary/aromatic N) is 1. The van der Waals surface area contributed by atoms with Gasteiger partial charge >= 0.3 is 0 Å². The lowest BCUT2D eigenvalue weighted by atomic mass is 10.2. The molecule has 1 aromatic rings. The Morgan fingerprint density at radius 2 is 2.29 bits per heavy atom. The minimum Gasteiger partial charge on any atom is -0.391 e. The lowest BCUT2D eigenvalue weighted by molar-refractivity contribution is 0.136. The van der Waals surface area contributed by atoms with Gasteiger partial charge in [-0.2, -0.15) is 0 Å². The van der Waals surface area contributed by atoms with Crippen molar-refractivity contribution in [3.63, 3.8) is 0 Å². The van der Waals surface area contributed by atoms with E-state index in [9.17, 15) is 5.11 Å². The predicted molar refractivity (Wildman–Crippen MR) is 54.2 cm³/mol. The molecule has 0 aliphatic heterocycles. The van der Waals surface area contributed by atoms with E-state index in [2.05, 4.69) is 0 Å². The van der Waals surface area contributed by atoms with Crippen LogP contribution < -0.4 is 5.36 Å². The van der Waals surface area contributed by atoms with Crippen LogP contribution in [0.3, 0.4) is 0 Å². The predicted octanol–water partition coefficient (Wildman–Crippen LogP) is 1.71. The zero-order valence-electron chi connectivity index (χ0n) is 7.78. The van der Waals surface area contributed by atoms with Gasteiger partial charge in [-0.05, 0) is 31.4 Å². The highest BCUT2D eigenvalue weighted by molar-refractivity contribution is 6.29. The second-order valence-electron chi connectivity index (χ2n) is 3.71. The summed E-state index contributed by atoms with van der Waals surface area (Å²) in [5, 5.41) is 18.0. The van der Waals surface area contributed by atoms with Crippen LogP contribution in [0.25, 0.3) is 0 Å². The second-order valence-corrected chi connectivity index (χ2v) is 4.10. The molecule has 0 radical (unpaired) electrons. The van der Waals surface area contributed by atoms with Crippen LogP contribution in [0, 0.1) is 5.41 Å². The number of aromatic nitrogens is 1. The normalized spacial score (nSPS) is 26.7. The van der Waals surface area contributed by atoms with Crippen molar-refractivity contribution in [3.8, 4) is 0 Å². The largest absolute Gasteiger partial charge is 0.391 e. The van der Waals surface area contributed by atoms with E-state index in [0.29, 0.717) is 10.5 Å². The van der Waals surface area contributed by atoms with Crippen LogP contribution in [0.15, 0.2) is 18.3 Å². The molecule has 0 amide bonds. The maximum atomic E-state index is 9.71. The molecule has 2 N–H and O–H groups in total. The third-order valence-electron chi connectivity index (χ3n) is 2.74. The van der Waals surface area contributed by atoms with Crippen molar-refractivity contribution in [2.45, 2.75) is 31.4 Å². The first kappa shape index (κ1) is 9.74. The molecule has 0 saturated heterocycles. The van der Waals surface area contributed by atoms with Crippen LogP contribution >= 0.6 is 11.6 Å². The Bertz CT molecular complexity index is 388. The number of halogens is 1. The van der Waals surface area contributed by atoms with Gasteiger partial charge in [0.1, 0.15) is 5.15 Å². The zero-order chi connectivity index (χ0) is 10.1. The molecular weight excluding hydrogens is 200 g/mol. The molecule has 1 saturated carbocycles. The van der Waals surface area contributed by atoms with E-state index in [1.807, 2.05) is 4.57 Å². The number of rotatable bonds is 1. The number of hydrogen-bond donors (Lipinski definition) is 2. The topological polar surface area (TPSA) is 49.0 Å². The maximum absolute atomic E-state index is 9.71. The Labute approximate surface area is 87.5 Å². The van der Waals surface area contributed by atoms with Crippen molar-refractivity contribution in [2.75, 3.05) is 0 Å². The van der Waals surface area contributed by atoms with Gasteiger partial charge in [0, 0.05) is 6.20 Å². The minimum absolute atomic E-state index is 0.0862. The highest BCUT2D eigenvalue weighted by Crippen LogP contribution is 2.31. The van der Waals surface area contributed by atoms with E-state index in [4.69, 9.17) is 17.0 Å². The average Bonchev–Trinajstić information content (AvgIpc) is 2.52. The van der Waals surface area contributed by atoms with Crippen LogP contribution in [0.1, 0.15) is 25.3 Å². The standard InChI is InChI=1S/C10H13ClN2O/c11-10-6-7(12)4-5-13(10)8-2-1-3-9(8)14/h4-6,8-9,12,14H,1-3H2/t8-,9-/m1/s1. The van der Waals surface area contributed by atoms with E-state index in [0.717, 1.165) is 19.3 Å². The SMILES string of the molecule is N=c1ccn([C@@H]2CCC[C@H]2O)c(Cl)c1. The molecule has 3 nitrogen and oxygen atoms in total. The van der Waals surface area contributed by atoms with Crippen LogP contribution in [-0.4, -0.2) is 15.8 Å². The third-order valence-corrected chi connectivity index (χ3v) is 3.04. The van der Waals surface area contributed by atoms with Crippen molar-refractivity contribution >= 4 is 11.6 Å². The molecule has 1 fully saturated rings. The molecule has 0 aromatic carbocycles. The molecule has 2 atom stereocenters. The van der Waals surface area contributed by atoms with Gasteiger partial charge in [0.15, 0.2) is 0 Å². The summed E-state index contributed by atoms with van der Waals surface area (Å²) >= 11 is 6.01. The van der Waals surface area contributed by atoms with Gasteiger partial charge in [0.05, 0.1) is 17.5 Å². The maximum Gasteiger partial charge on any atom is 0.111 e. The number of hydrogen-bond acceptors (Lipinski definition) is 2. The Hall–Kier alpha value is -0.800. The van der Waals surface area contributed by atoms with Crippen molar-refractivity contribution < 1.29 is 5.11 Å². The minimum atomic E-state index is -0.297. The van der Waals surface area contributed by atoms with Crippen molar-refractivity contribution in [3.05, 3.63) is 28.8 Å². The quantitative estimate of drug-likeness (QED) is 0.685. The van der Waals surface area contributed by atoms with Gasteiger partial charge in [-0.25, -0.2) is 0 Å². The first-order valence-corrected chi connectivity index (χ1v) is 5.16. The summed E-state index contributed by atoms with van der Waals surface area (Å²) in [6.45, 7) is 0. The molecule has 1 aliphatic rings. The summed E-state index contributed by atoms with van der Waals surface area (Å²) in [5.41, 5.74) is 0. The summed E-state index contributed by atoms with van der Waals surface area (Å²) in [6.07, 6.45) is 4.33. The smallest absolute Gasteiger partial charge is 0.111 e. The molecule has 1 aliphatic carbocycles. The number of aliphatic hydroxyl groups excluding tert-OH is 1. The van der Waals surface area contributed by atoms with Gasteiger partial charge in [0.25, 0.3) is 0 Å². The lowest BCUT2D eigenvalue weighted by Crippen LogP contribution is -2.20. The third kappa shape index (κ3) is 1.70. The molecule has 76 valence electrons. The molecule has 0 bridgehead atoms. The highest BCUT2D eigenvalue weighted by atomic mass is 35.5. The summed E-state index contributed by atoms with van der Waals surface area (Å²) in [5.74, 6) is 0. The van der Waals surface area contributed by atoms with Crippen molar-refractivity contribution in [1.82, 2.24) is 4.57 Å². The summed E-state index contributed by atoms with van der Waals surface area (Å²) < 4.78 is 1.86. The number of nitrogens with one attached hydrogen (secondary N) is 1. The lowest BCUT2D eigenvalue weighted by Gasteiger charge is -2.19. The summed E-state index contributed by atoms with van der Waals surface area (Å²) in [6, 6.07) is 3.38. The molecule has 14 heavy (non-hydrogen) atoms. The number of pyridine rings is 1. The zero-order valence-corrected chi connectivity index (χ0v) is 8.54. The van der Waals surface area contributed by atoms with Gasteiger partial charge in [-0.1, -0.05) is 11.6 Å². The molecule has 0 spiro atoms. The van der Waals surface area contributed by atoms with Crippen LogP contribution in [0.5, 0.6) is 0 Å². The molecule has 1 aromatic heterocycles. The average molecular weight is 213 g/mol. The fraction of sp³-hybridized carbons (Fsp3) is 0.500. The van der Waals surface area contributed by atoms with Gasteiger partial charge < -0.3 is 15.1 Å². The first-order valence-electron chi connectivity index (χ1n) is 4.79. The number of aliphatic hydroxyl groups is 1. The fourth-order valence-electron chi connectivity index (χ4n) is 2.00. The Kier molecular flexibility index (Phi) is 2.61. The first-order chi connectivity index (χ1) is 6.68. The van der Waals surface area contributed by atoms with E-state index in [1.54, 1.807) is 18.3 Å². The van der Waals surface area contributed by atoms with E-state index >= 15 is 0 Å². The molecule has 1 heterocycles. The van der Waals surface area contributed by atoms with E-state index in [-0.39, 0.29) is 12.1 Å². The van der Waals surface area contributed by atoms with Crippen LogP contribution in [0.2, 0.25) is 5.15 Å². The van der Waals surface area contributed by atoms with E-state index in [1.165, 1.54) is 0 Å².